The lowest BCUT2D eigenvalue weighted by Crippen LogP contribution is -2.52. The summed E-state index contributed by atoms with van der Waals surface area (Å²) in [6.07, 6.45) is 0.205. The Bertz CT molecular complexity index is 366. The van der Waals surface area contributed by atoms with E-state index in [1.165, 1.54) is 0 Å². The number of hydrogen-bond acceptors (Lipinski definition) is 4. The van der Waals surface area contributed by atoms with Crippen LogP contribution >= 0.6 is 0 Å². The second-order valence-electron chi connectivity index (χ2n) is 5.24. The summed E-state index contributed by atoms with van der Waals surface area (Å²) in [4.78, 5) is 0. The van der Waals surface area contributed by atoms with Crippen LogP contribution in [0, 0.1) is 5.41 Å². The number of rotatable bonds is 6. The summed E-state index contributed by atoms with van der Waals surface area (Å²) in [5.74, 6) is 0.899. The maximum Gasteiger partial charge on any atom is 0.119 e. The molecule has 4 heteroatoms. The van der Waals surface area contributed by atoms with Crippen LogP contribution in [0.15, 0.2) is 24.3 Å². The maximum atomic E-state index is 5.77. The van der Waals surface area contributed by atoms with Gasteiger partial charge >= 0.3 is 0 Å². The molecule has 0 unspecified atom stereocenters. The minimum Gasteiger partial charge on any atom is -0.491 e. The van der Waals surface area contributed by atoms with Crippen LogP contribution in [0.4, 0.5) is 5.69 Å². The van der Waals surface area contributed by atoms with E-state index in [0.29, 0.717) is 6.54 Å². The lowest BCUT2D eigenvalue weighted by molar-refractivity contribution is -0.0979. The van der Waals surface area contributed by atoms with Gasteiger partial charge in [0.25, 0.3) is 0 Å². The molecule has 1 aromatic carbocycles. The molecule has 0 aliphatic carbocycles. The zero-order valence-electron chi connectivity index (χ0n) is 11.1. The molecule has 1 aliphatic rings. The molecule has 0 amide bonds. The molecule has 0 radical (unpaired) electrons. The normalized spacial score (nSPS) is 17.3. The first-order valence-corrected chi connectivity index (χ1v) is 6.42. The molecule has 2 rings (SSSR count). The predicted octanol–water partition coefficient (Wildman–Crippen LogP) is 1.86. The number of hydrogen-bond donors (Lipinski definition) is 2. The molecule has 1 aliphatic heterocycles. The molecule has 0 aromatic heterocycles. The highest BCUT2D eigenvalue weighted by Crippen LogP contribution is 2.27. The number of ether oxygens (including phenoxy) is 2. The highest BCUT2D eigenvalue weighted by Gasteiger charge is 2.36. The Kier molecular flexibility index (Phi) is 4.09. The third kappa shape index (κ3) is 3.15. The molecule has 3 N–H and O–H groups in total. The number of nitrogens with one attached hydrogen (secondary N) is 1. The second-order valence-corrected chi connectivity index (χ2v) is 5.24. The molecule has 0 saturated carbocycles. The van der Waals surface area contributed by atoms with Crippen molar-refractivity contribution in [3.05, 3.63) is 24.3 Å². The van der Waals surface area contributed by atoms with E-state index in [4.69, 9.17) is 15.2 Å². The van der Waals surface area contributed by atoms with Crippen molar-refractivity contribution in [1.82, 2.24) is 0 Å². The standard InChI is InChI=1S/C14H22N2O2/c1-11(2)18-13-5-3-12(4-6-13)16-8-14(7-15)9-17-10-14/h3-6,11,16H,7-10,15H2,1-2H3. The molecular formula is C14H22N2O2. The van der Waals surface area contributed by atoms with E-state index in [9.17, 15) is 0 Å². The van der Waals surface area contributed by atoms with Crippen molar-refractivity contribution < 1.29 is 9.47 Å². The van der Waals surface area contributed by atoms with Gasteiger partial charge in [-0.25, -0.2) is 0 Å². The maximum absolute atomic E-state index is 5.77. The smallest absolute Gasteiger partial charge is 0.119 e. The third-order valence-electron chi connectivity index (χ3n) is 3.14. The molecule has 4 nitrogen and oxygen atoms in total. The van der Waals surface area contributed by atoms with Crippen LogP contribution in [-0.2, 0) is 4.74 Å². The van der Waals surface area contributed by atoms with Gasteiger partial charge in [0.1, 0.15) is 5.75 Å². The van der Waals surface area contributed by atoms with Crippen LogP contribution in [0.25, 0.3) is 0 Å². The summed E-state index contributed by atoms with van der Waals surface area (Å²) in [6.45, 7) is 7.07. The average Bonchev–Trinajstić information content (AvgIpc) is 2.30. The van der Waals surface area contributed by atoms with Crippen molar-refractivity contribution in [3.63, 3.8) is 0 Å². The van der Waals surface area contributed by atoms with Crippen LogP contribution in [0.5, 0.6) is 5.75 Å². The van der Waals surface area contributed by atoms with Crippen molar-refractivity contribution >= 4 is 5.69 Å². The first-order chi connectivity index (χ1) is 8.63. The van der Waals surface area contributed by atoms with Crippen molar-refractivity contribution in [2.45, 2.75) is 20.0 Å². The van der Waals surface area contributed by atoms with Crippen LogP contribution in [0.2, 0.25) is 0 Å². The highest BCUT2D eigenvalue weighted by atomic mass is 16.5. The van der Waals surface area contributed by atoms with Gasteiger partial charge in [-0.2, -0.15) is 0 Å². The summed E-state index contributed by atoms with van der Waals surface area (Å²) in [5.41, 5.74) is 6.98. The fourth-order valence-electron chi connectivity index (χ4n) is 1.90. The molecule has 1 fully saturated rings. The number of nitrogens with two attached hydrogens (primary N) is 1. The van der Waals surface area contributed by atoms with Crippen molar-refractivity contribution in [1.29, 1.82) is 0 Å². The fourth-order valence-corrected chi connectivity index (χ4v) is 1.90. The highest BCUT2D eigenvalue weighted by molar-refractivity contribution is 5.46. The molecule has 18 heavy (non-hydrogen) atoms. The minimum absolute atomic E-state index is 0.118. The van der Waals surface area contributed by atoms with Gasteiger partial charge in [-0.3, -0.25) is 0 Å². The van der Waals surface area contributed by atoms with E-state index in [-0.39, 0.29) is 11.5 Å². The molecular weight excluding hydrogens is 228 g/mol. The molecule has 0 spiro atoms. The summed E-state index contributed by atoms with van der Waals surface area (Å²) >= 11 is 0. The minimum atomic E-state index is 0.118. The molecule has 1 heterocycles. The summed E-state index contributed by atoms with van der Waals surface area (Å²) in [6, 6.07) is 8.02. The van der Waals surface area contributed by atoms with Gasteiger partial charge in [0.2, 0.25) is 0 Å². The molecule has 0 atom stereocenters. The second kappa shape index (κ2) is 5.59. The zero-order valence-corrected chi connectivity index (χ0v) is 11.1. The van der Waals surface area contributed by atoms with Gasteiger partial charge in [0.05, 0.1) is 19.3 Å². The van der Waals surface area contributed by atoms with E-state index < -0.39 is 0 Å². The van der Waals surface area contributed by atoms with E-state index >= 15 is 0 Å². The van der Waals surface area contributed by atoms with Gasteiger partial charge in [-0.05, 0) is 38.1 Å². The Labute approximate surface area is 108 Å². The lowest BCUT2D eigenvalue weighted by atomic mass is 9.86. The molecule has 0 bridgehead atoms. The van der Waals surface area contributed by atoms with Crippen molar-refractivity contribution in [3.8, 4) is 5.75 Å². The average molecular weight is 250 g/mol. The Morgan fingerprint density at radius 1 is 1.33 bits per heavy atom. The van der Waals surface area contributed by atoms with Crippen LogP contribution in [0.1, 0.15) is 13.8 Å². The quantitative estimate of drug-likeness (QED) is 0.809. The third-order valence-corrected chi connectivity index (χ3v) is 3.14. The monoisotopic (exact) mass is 250 g/mol. The Morgan fingerprint density at radius 3 is 2.44 bits per heavy atom. The number of benzene rings is 1. The van der Waals surface area contributed by atoms with Crippen molar-refractivity contribution in [2.24, 2.45) is 11.1 Å². The Morgan fingerprint density at radius 2 is 2.00 bits per heavy atom. The van der Waals surface area contributed by atoms with Gasteiger partial charge in [-0.1, -0.05) is 0 Å². The van der Waals surface area contributed by atoms with Gasteiger partial charge < -0.3 is 20.5 Å². The molecule has 1 saturated heterocycles. The van der Waals surface area contributed by atoms with Gasteiger partial charge in [-0.15, -0.1) is 0 Å². The summed E-state index contributed by atoms with van der Waals surface area (Å²) in [7, 11) is 0. The van der Waals surface area contributed by atoms with E-state index in [0.717, 1.165) is 31.2 Å². The fraction of sp³-hybridized carbons (Fsp3) is 0.571. The largest absolute Gasteiger partial charge is 0.491 e. The van der Waals surface area contributed by atoms with Crippen LogP contribution in [-0.4, -0.2) is 32.4 Å². The summed E-state index contributed by atoms with van der Waals surface area (Å²) < 4.78 is 10.8. The summed E-state index contributed by atoms with van der Waals surface area (Å²) in [5, 5.41) is 3.40. The zero-order chi connectivity index (χ0) is 13.0. The lowest BCUT2D eigenvalue weighted by Gasteiger charge is -2.40. The molecule has 100 valence electrons. The van der Waals surface area contributed by atoms with E-state index in [1.807, 2.05) is 38.1 Å². The first kappa shape index (κ1) is 13.2. The van der Waals surface area contributed by atoms with E-state index in [2.05, 4.69) is 5.32 Å². The van der Waals surface area contributed by atoms with Crippen LogP contribution < -0.4 is 15.8 Å². The predicted molar refractivity (Wildman–Crippen MR) is 73.0 cm³/mol. The van der Waals surface area contributed by atoms with E-state index in [1.54, 1.807) is 0 Å². The first-order valence-electron chi connectivity index (χ1n) is 6.42. The Hall–Kier alpha value is -1.26. The van der Waals surface area contributed by atoms with Gasteiger partial charge in [0, 0.05) is 24.2 Å². The van der Waals surface area contributed by atoms with Crippen LogP contribution in [0.3, 0.4) is 0 Å². The SMILES string of the molecule is CC(C)Oc1ccc(NCC2(CN)COC2)cc1. The molecule has 1 aromatic rings. The van der Waals surface area contributed by atoms with Gasteiger partial charge in [0.15, 0.2) is 0 Å². The topological polar surface area (TPSA) is 56.5 Å². The van der Waals surface area contributed by atoms with Crippen molar-refractivity contribution in [2.75, 3.05) is 31.6 Å². The Balaban J connectivity index is 1.86. The number of anilines is 1.